The zero-order valence-electron chi connectivity index (χ0n) is 11.1. The summed E-state index contributed by atoms with van der Waals surface area (Å²) in [4.78, 5) is 28.6. The lowest BCUT2D eigenvalue weighted by atomic mass is 10.2. The van der Waals surface area contributed by atoms with Gasteiger partial charge in [-0.25, -0.2) is 4.79 Å². The van der Waals surface area contributed by atoms with Crippen LogP contribution < -0.4 is 11.2 Å². The first-order valence-electron chi connectivity index (χ1n) is 6.10. The van der Waals surface area contributed by atoms with Crippen molar-refractivity contribution in [1.29, 1.82) is 5.26 Å². The fourth-order valence-corrected chi connectivity index (χ4v) is 2.87. The minimum Gasteiger partial charge on any atom is -0.298 e. The van der Waals surface area contributed by atoms with E-state index in [2.05, 4.69) is 4.98 Å². The largest absolute Gasteiger partial charge is 0.329 e. The number of nitriles is 1. The van der Waals surface area contributed by atoms with Gasteiger partial charge in [-0.3, -0.25) is 14.3 Å². The van der Waals surface area contributed by atoms with E-state index in [1.54, 1.807) is 6.92 Å². The number of H-pyrrole nitrogens is 1. The van der Waals surface area contributed by atoms with Crippen LogP contribution in [0.5, 0.6) is 0 Å². The van der Waals surface area contributed by atoms with Crippen LogP contribution in [0.4, 0.5) is 0 Å². The number of fused-ring (bicyclic) bond motifs is 1. The van der Waals surface area contributed by atoms with E-state index in [9.17, 15) is 9.59 Å². The molecule has 1 atom stereocenters. The number of hydrogen-bond donors (Lipinski definition) is 1. The molecule has 0 aliphatic rings. The number of aromatic amines is 1. The molecule has 1 unspecified atom stereocenters. The van der Waals surface area contributed by atoms with Crippen molar-refractivity contribution >= 4 is 21.6 Å². The SMILES string of the molecule is CC(C#N)Cn1c(=O)[nH]c2sc(C(C)C)cc2c1=O. The Morgan fingerprint density at radius 3 is 2.68 bits per heavy atom. The summed E-state index contributed by atoms with van der Waals surface area (Å²) < 4.78 is 1.10. The fourth-order valence-electron chi connectivity index (χ4n) is 1.83. The molecular weight excluding hydrogens is 262 g/mol. The Labute approximate surface area is 114 Å². The standard InChI is InChI=1S/C13H15N3O2S/c1-7(2)10-4-9-11(19-10)15-13(18)16(12(9)17)6-8(3)5-14/h4,7-8H,6H2,1-3H3,(H,15,18). The van der Waals surface area contributed by atoms with E-state index < -0.39 is 5.69 Å². The molecule has 0 aliphatic carbocycles. The topological polar surface area (TPSA) is 78.7 Å². The van der Waals surface area contributed by atoms with Crippen LogP contribution in [0, 0.1) is 17.2 Å². The highest BCUT2D eigenvalue weighted by molar-refractivity contribution is 7.18. The second-order valence-corrected chi connectivity index (χ2v) is 6.01. The van der Waals surface area contributed by atoms with E-state index in [4.69, 9.17) is 5.26 Å². The molecule has 0 fully saturated rings. The van der Waals surface area contributed by atoms with Crippen LogP contribution in [0.15, 0.2) is 15.7 Å². The molecule has 2 rings (SSSR count). The van der Waals surface area contributed by atoms with Gasteiger partial charge < -0.3 is 0 Å². The molecular formula is C13H15N3O2S. The predicted molar refractivity (Wildman–Crippen MR) is 75.6 cm³/mol. The molecule has 0 saturated heterocycles. The van der Waals surface area contributed by atoms with Gasteiger partial charge in [-0.2, -0.15) is 5.26 Å². The highest BCUT2D eigenvalue weighted by Crippen LogP contribution is 2.26. The normalized spacial score (nSPS) is 12.8. The molecule has 2 aromatic heterocycles. The summed E-state index contributed by atoms with van der Waals surface area (Å²) in [7, 11) is 0. The third kappa shape index (κ3) is 2.47. The maximum Gasteiger partial charge on any atom is 0.329 e. The molecule has 0 aliphatic heterocycles. The van der Waals surface area contributed by atoms with Gasteiger partial charge >= 0.3 is 5.69 Å². The van der Waals surface area contributed by atoms with E-state index >= 15 is 0 Å². The van der Waals surface area contributed by atoms with Crippen molar-refractivity contribution in [2.75, 3.05) is 0 Å². The lowest BCUT2D eigenvalue weighted by Gasteiger charge is -2.05. The Morgan fingerprint density at radius 2 is 2.11 bits per heavy atom. The first-order valence-corrected chi connectivity index (χ1v) is 6.92. The molecule has 0 bridgehead atoms. The summed E-state index contributed by atoms with van der Waals surface area (Å²) in [5.41, 5.74) is -0.763. The van der Waals surface area contributed by atoms with Crippen molar-refractivity contribution in [3.63, 3.8) is 0 Å². The number of aromatic nitrogens is 2. The Balaban J connectivity index is 2.65. The monoisotopic (exact) mass is 277 g/mol. The molecule has 0 saturated carbocycles. The van der Waals surface area contributed by atoms with Crippen LogP contribution in [0.2, 0.25) is 0 Å². The van der Waals surface area contributed by atoms with Crippen molar-refractivity contribution in [1.82, 2.24) is 9.55 Å². The van der Waals surface area contributed by atoms with Gasteiger partial charge in [0, 0.05) is 11.4 Å². The van der Waals surface area contributed by atoms with E-state index in [0.717, 1.165) is 9.44 Å². The summed E-state index contributed by atoms with van der Waals surface area (Å²) in [5, 5.41) is 9.32. The molecule has 6 heteroatoms. The van der Waals surface area contributed by atoms with Gasteiger partial charge in [-0.1, -0.05) is 13.8 Å². The third-order valence-corrected chi connectivity index (χ3v) is 4.29. The maximum atomic E-state index is 12.3. The first kappa shape index (κ1) is 13.6. The molecule has 0 amide bonds. The number of thiophene rings is 1. The minimum absolute atomic E-state index is 0.119. The maximum absolute atomic E-state index is 12.3. The summed E-state index contributed by atoms with van der Waals surface area (Å²) >= 11 is 1.43. The predicted octanol–water partition coefficient (Wildman–Crippen LogP) is 2.03. The van der Waals surface area contributed by atoms with Crippen molar-refractivity contribution in [2.24, 2.45) is 5.92 Å². The average Bonchev–Trinajstić information content (AvgIpc) is 2.78. The van der Waals surface area contributed by atoms with Crippen LogP contribution in [0.3, 0.4) is 0 Å². The average molecular weight is 277 g/mol. The highest BCUT2D eigenvalue weighted by Gasteiger charge is 2.14. The highest BCUT2D eigenvalue weighted by atomic mass is 32.1. The molecule has 19 heavy (non-hydrogen) atoms. The summed E-state index contributed by atoms with van der Waals surface area (Å²) in [6.07, 6.45) is 0. The second kappa shape index (κ2) is 5.02. The quantitative estimate of drug-likeness (QED) is 0.932. The lowest BCUT2D eigenvalue weighted by Crippen LogP contribution is -2.36. The van der Waals surface area contributed by atoms with E-state index in [-0.39, 0.29) is 18.0 Å². The summed E-state index contributed by atoms with van der Waals surface area (Å²) in [6.45, 7) is 5.88. The van der Waals surface area contributed by atoms with Crippen molar-refractivity contribution < 1.29 is 0 Å². The van der Waals surface area contributed by atoms with E-state index in [0.29, 0.717) is 16.1 Å². The van der Waals surface area contributed by atoms with Crippen LogP contribution >= 0.6 is 11.3 Å². The van der Waals surface area contributed by atoms with Crippen molar-refractivity contribution in [2.45, 2.75) is 33.2 Å². The third-order valence-electron chi connectivity index (χ3n) is 2.94. The smallest absolute Gasteiger partial charge is 0.298 e. The number of hydrogen-bond acceptors (Lipinski definition) is 4. The lowest BCUT2D eigenvalue weighted by molar-refractivity contribution is 0.544. The van der Waals surface area contributed by atoms with Crippen LogP contribution in [-0.4, -0.2) is 9.55 Å². The molecule has 2 heterocycles. The Kier molecular flexibility index (Phi) is 3.58. The molecule has 1 N–H and O–H groups in total. The van der Waals surface area contributed by atoms with Crippen molar-refractivity contribution in [3.8, 4) is 6.07 Å². The summed E-state index contributed by atoms with van der Waals surface area (Å²) in [6, 6.07) is 3.86. The van der Waals surface area contributed by atoms with Crippen LogP contribution in [-0.2, 0) is 6.54 Å². The number of nitrogens with zero attached hydrogens (tertiary/aromatic N) is 2. The molecule has 0 radical (unpaired) electrons. The van der Waals surface area contributed by atoms with Gasteiger partial charge in [0.1, 0.15) is 4.83 Å². The first-order chi connectivity index (χ1) is 8.93. The second-order valence-electron chi connectivity index (χ2n) is 4.92. The van der Waals surface area contributed by atoms with E-state index in [1.807, 2.05) is 26.0 Å². The van der Waals surface area contributed by atoms with Gasteiger partial charge in [0.25, 0.3) is 5.56 Å². The van der Waals surface area contributed by atoms with Gasteiger partial charge in [0.05, 0.1) is 17.4 Å². The fraction of sp³-hybridized carbons (Fsp3) is 0.462. The minimum atomic E-state index is -0.447. The van der Waals surface area contributed by atoms with Gasteiger partial charge in [0.15, 0.2) is 0 Å². The van der Waals surface area contributed by atoms with Gasteiger partial charge in [0.2, 0.25) is 0 Å². The molecule has 100 valence electrons. The number of nitrogens with one attached hydrogen (secondary N) is 1. The Hall–Kier alpha value is -1.87. The number of rotatable bonds is 3. The molecule has 5 nitrogen and oxygen atoms in total. The van der Waals surface area contributed by atoms with E-state index in [1.165, 1.54) is 11.3 Å². The molecule has 0 spiro atoms. The summed E-state index contributed by atoms with van der Waals surface area (Å²) in [5.74, 6) is -0.0637. The van der Waals surface area contributed by atoms with Crippen LogP contribution in [0.25, 0.3) is 10.2 Å². The van der Waals surface area contributed by atoms with Gasteiger partial charge in [-0.15, -0.1) is 11.3 Å². The zero-order valence-corrected chi connectivity index (χ0v) is 11.9. The molecule has 0 aromatic carbocycles. The van der Waals surface area contributed by atoms with Crippen molar-refractivity contribution in [3.05, 3.63) is 31.8 Å². The van der Waals surface area contributed by atoms with Gasteiger partial charge in [-0.05, 0) is 18.9 Å². The Morgan fingerprint density at radius 1 is 1.42 bits per heavy atom. The Bertz CT molecular complexity index is 761. The van der Waals surface area contributed by atoms with Crippen LogP contribution in [0.1, 0.15) is 31.6 Å². The zero-order chi connectivity index (χ0) is 14.2. The molecule has 2 aromatic rings.